The second-order valence-electron chi connectivity index (χ2n) is 5.34. The molecule has 120 valence electrons. The van der Waals surface area contributed by atoms with Crippen LogP contribution in [0.1, 0.15) is 0 Å². The van der Waals surface area contributed by atoms with Crippen molar-refractivity contribution in [3.63, 3.8) is 0 Å². The summed E-state index contributed by atoms with van der Waals surface area (Å²) in [5.74, 6) is 0. The predicted octanol–water partition coefficient (Wildman–Crippen LogP) is 3.39. The first-order valence-electron chi connectivity index (χ1n) is 7.60. The number of rotatable bonds is 3. The van der Waals surface area contributed by atoms with Crippen molar-refractivity contribution in [1.29, 1.82) is 0 Å². The van der Waals surface area contributed by atoms with E-state index >= 15 is 0 Å². The van der Waals surface area contributed by atoms with Gasteiger partial charge >= 0.3 is 6.03 Å². The number of urea groups is 1. The number of hydrogen-bond acceptors (Lipinski definition) is 3. The van der Waals surface area contributed by atoms with Crippen LogP contribution in [0.3, 0.4) is 0 Å². The first kappa shape index (κ1) is 15.6. The average Bonchev–Trinajstić information content (AvgIpc) is 2.58. The van der Waals surface area contributed by atoms with Crippen molar-refractivity contribution in [1.82, 2.24) is 5.32 Å². The maximum Gasteiger partial charge on any atom is 0.323 e. The number of carbonyl (C=O) groups excluding carboxylic acids is 1. The molecule has 1 aliphatic heterocycles. The normalized spacial score (nSPS) is 14.4. The van der Waals surface area contributed by atoms with Crippen LogP contribution >= 0.6 is 11.6 Å². The molecule has 6 heteroatoms. The molecule has 1 heterocycles. The molecule has 0 aromatic heterocycles. The van der Waals surface area contributed by atoms with Gasteiger partial charge in [0.2, 0.25) is 0 Å². The van der Waals surface area contributed by atoms with Crippen LogP contribution in [-0.2, 0) is 0 Å². The first-order valence-corrected chi connectivity index (χ1v) is 7.98. The van der Waals surface area contributed by atoms with Gasteiger partial charge in [-0.15, -0.1) is 0 Å². The van der Waals surface area contributed by atoms with Crippen molar-refractivity contribution in [2.45, 2.75) is 0 Å². The lowest BCUT2D eigenvalue weighted by Crippen LogP contribution is -2.43. The Morgan fingerprint density at radius 1 is 1.00 bits per heavy atom. The Labute approximate surface area is 140 Å². The van der Waals surface area contributed by atoms with Crippen molar-refractivity contribution < 1.29 is 4.79 Å². The van der Waals surface area contributed by atoms with E-state index in [-0.39, 0.29) is 6.03 Å². The second kappa shape index (κ2) is 7.35. The summed E-state index contributed by atoms with van der Waals surface area (Å²) < 4.78 is 0. The molecule has 0 unspecified atom stereocenters. The van der Waals surface area contributed by atoms with E-state index in [1.165, 1.54) is 5.69 Å². The van der Waals surface area contributed by atoms with E-state index in [4.69, 9.17) is 11.6 Å². The van der Waals surface area contributed by atoms with E-state index < -0.39 is 0 Å². The Bertz CT molecular complexity index is 669. The molecule has 2 aromatic rings. The van der Waals surface area contributed by atoms with Crippen LogP contribution in [0.5, 0.6) is 0 Å². The molecule has 1 aliphatic rings. The molecule has 0 bridgehead atoms. The molecule has 0 atom stereocenters. The van der Waals surface area contributed by atoms with Crippen LogP contribution in [0.15, 0.2) is 48.5 Å². The number of para-hydroxylation sites is 1. The summed E-state index contributed by atoms with van der Waals surface area (Å²) in [5.41, 5.74) is 2.50. The smallest absolute Gasteiger partial charge is 0.323 e. The number of nitrogens with one attached hydrogen (secondary N) is 3. The summed E-state index contributed by atoms with van der Waals surface area (Å²) in [6.45, 7) is 4.00. The largest absolute Gasteiger partial charge is 0.369 e. The minimum atomic E-state index is -0.312. The van der Waals surface area contributed by atoms with Crippen LogP contribution in [-0.4, -0.2) is 32.2 Å². The van der Waals surface area contributed by atoms with Gasteiger partial charge in [-0.3, -0.25) is 0 Å². The Balaban J connectivity index is 1.59. The highest BCUT2D eigenvalue weighted by Gasteiger charge is 2.10. The monoisotopic (exact) mass is 330 g/mol. The summed E-state index contributed by atoms with van der Waals surface area (Å²) in [5, 5.41) is 9.39. The zero-order valence-corrected chi connectivity index (χ0v) is 13.4. The summed E-state index contributed by atoms with van der Waals surface area (Å²) in [6.07, 6.45) is 0. The van der Waals surface area contributed by atoms with E-state index in [1.807, 2.05) is 36.4 Å². The summed E-state index contributed by atoms with van der Waals surface area (Å²) in [4.78, 5) is 14.3. The number of benzene rings is 2. The van der Waals surface area contributed by atoms with Gasteiger partial charge in [0.05, 0.1) is 10.7 Å². The standard InChI is InChI=1S/C17H19ClN4O/c18-15-3-1-2-4-16(15)21-17(23)20-13-5-7-14(8-6-13)22-11-9-19-10-12-22/h1-8,19H,9-12H2,(H2,20,21,23). The number of piperazine rings is 1. The number of halogens is 1. The molecule has 3 rings (SSSR count). The third-order valence-electron chi connectivity index (χ3n) is 3.73. The SMILES string of the molecule is O=C(Nc1ccc(N2CCNCC2)cc1)Nc1ccccc1Cl. The van der Waals surface area contributed by atoms with Gasteiger partial charge in [0, 0.05) is 37.6 Å². The molecule has 1 saturated heterocycles. The molecular weight excluding hydrogens is 312 g/mol. The predicted molar refractivity (Wildman–Crippen MR) is 95.6 cm³/mol. The lowest BCUT2D eigenvalue weighted by atomic mass is 10.2. The van der Waals surface area contributed by atoms with Gasteiger partial charge in [0.1, 0.15) is 0 Å². The Kier molecular flexibility index (Phi) is 5.00. The van der Waals surface area contributed by atoms with Gasteiger partial charge < -0.3 is 20.9 Å². The highest BCUT2D eigenvalue weighted by atomic mass is 35.5. The molecule has 2 aromatic carbocycles. The van der Waals surface area contributed by atoms with Crippen LogP contribution < -0.4 is 20.9 Å². The fourth-order valence-electron chi connectivity index (χ4n) is 2.53. The van der Waals surface area contributed by atoms with Gasteiger partial charge in [-0.05, 0) is 36.4 Å². The fraction of sp³-hybridized carbons (Fsp3) is 0.235. The summed E-state index contributed by atoms with van der Waals surface area (Å²) >= 11 is 6.02. The number of anilines is 3. The van der Waals surface area contributed by atoms with Gasteiger partial charge in [0.25, 0.3) is 0 Å². The van der Waals surface area contributed by atoms with Gasteiger partial charge in [-0.1, -0.05) is 23.7 Å². The topological polar surface area (TPSA) is 56.4 Å². The zero-order chi connectivity index (χ0) is 16.1. The maximum atomic E-state index is 12.0. The van der Waals surface area contributed by atoms with Crippen molar-refractivity contribution in [3.05, 3.63) is 53.6 Å². The van der Waals surface area contributed by atoms with E-state index in [0.717, 1.165) is 31.9 Å². The molecule has 3 N–H and O–H groups in total. The van der Waals surface area contributed by atoms with E-state index in [1.54, 1.807) is 12.1 Å². The summed E-state index contributed by atoms with van der Waals surface area (Å²) in [6, 6.07) is 14.7. The Morgan fingerprint density at radius 3 is 2.39 bits per heavy atom. The Hall–Kier alpha value is -2.24. The minimum Gasteiger partial charge on any atom is -0.369 e. The molecule has 2 amide bonds. The van der Waals surface area contributed by atoms with Gasteiger partial charge in [-0.25, -0.2) is 4.79 Å². The molecule has 5 nitrogen and oxygen atoms in total. The summed E-state index contributed by atoms with van der Waals surface area (Å²) in [7, 11) is 0. The number of carbonyl (C=O) groups is 1. The van der Waals surface area contributed by atoms with E-state index in [2.05, 4.69) is 20.9 Å². The molecule has 0 spiro atoms. The number of hydrogen-bond donors (Lipinski definition) is 3. The van der Waals surface area contributed by atoms with E-state index in [0.29, 0.717) is 10.7 Å². The molecule has 1 fully saturated rings. The number of amides is 2. The maximum absolute atomic E-state index is 12.0. The van der Waals surface area contributed by atoms with Crippen molar-refractivity contribution in [2.75, 3.05) is 41.7 Å². The minimum absolute atomic E-state index is 0.312. The molecule has 0 saturated carbocycles. The lowest BCUT2D eigenvalue weighted by molar-refractivity contribution is 0.262. The molecule has 0 radical (unpaired) electrons. The second-order valence-corrected chi connectivity index (χ2v) is 5.75. The number of nitrogens with zero attached hydrogens (tertiary/aromatic N) is 1. The average molecular weight is 331 g/mol. The highest BCUT2D eigenvalue weighted by Crippen LogP contribution is 2.21. The van der Waals surface area contributed by atoms with Crippen molar-refractivity contribution >= 4 is 34.7 Å². The Morgan fingerprint density at radius 2 is 1.70 bits per heavy atom. The molecule has 23 heavy (non-hydrogen) atoms. The van der Waals surface area contributed by atoms with Crippen LogP contribution in [0.2, 0.25) is 5.02 Å². The third kappa shape index (κ3) is 4.15. The van der Waals surface area contributed by atoms with Crippen molar-refractivity contribution in [2.24, 2.45) is 0 Å². The molecular formula is C17H19ClN4O. The zero-order valence-electron chi connectivity index (χ0n) is 12.7. The molecule has 0 aliphatic carbocycles. The van der Waals surface area contributed by atoms with Crippen molar-refractivity contribution in [3.8, 4) is 0 Å². The van der Waals surface area contributed by atoms with Crippen LogP contribution in [0.25, 0.3) is 0 Å². The van der Waals surface area contributed by atoms with Crippen LogP contribution in [0, 0.1) is 0 Å². The van der Waals surface area contributed by atoms with Gasteiger partial charge in [0.15, 0.2) is 0 Å². The van der Waals surface area contributed by atoms with Crippen LogP contribution in [0.4, 0.5) is 21.9 Å². The van der Waals surface area contributed by atoms with E-state index in [9.17, 15) is 4.79 Å². The lowest BCUT2D eigenvalue weighted by Gasteiger charge is -2.29. The third-order valence-corrected chi connectivity index (χ3v) is 4.06. The fourth-order valence-corrected chi connectivity index (χ4v) is 2.71. The quantitative estimate of drug-likeness (QED) is 0.808. The van der Waals surface area contributed by atoms with Gasteiger partial charge in [-0.2, -0.15) is 0 Å². The highest BCUT2D eigenvalue weighted by molar-refractivity contribution is 6.33. The first-order chi connectivity index (χ1) is 11.2.